The molecule has 3 rings (SSSR count). The fourth-order valence-electron chi connectivity index (χ4n) is 3.36. The van der Waals surface area contributed by atoms with Crippen molar-refractivity contribution >= 4 is 0 Å². The van der Waals surface area contributed by atoms with Crippen LogP contribution in [0.5, 0.6) is 0 Å². The first-order chi connectivity index (χ1) is 11.6. The van der Waals surface area contributed by atoms with Gasteiger partial charge in [-0.15, -0.1) is 0 Å². The monoisotopic (exact) mass is 339 g/mol. The zero-order valence-corrected chi connectivity index (χ0v) is 14.7. The van der Waals surface area contributed by atoms with Gasteiger partial charge >= 0.3 is 0 Å². The Morgan fingerprint density at radius 2 is 2.08 bits per heavy atom. The lowest BCUT2D eigenvalue weighted by Crippen LogP contribution is -2.45. The number of hydrogen-bond donors (Lipinski definition) is 1. The number of aliphatic hydroxyl groups excluding tert-OH is 1. The number of hydrogen-bond acceptors (Lipinski definition) is 7. The quantitative estimate of drug-likeness (QED) is 0.810. The summed E-state index contributed by atoms with van der Waals surface area (Å²) >= 11 is 0. The van der Waals surface area contributed by atoms with Crippen molar-refractivity contribution < 1.29 is 19.1 Å². The van der Waals surface area contributed by atoms with Crippen LogP contribution < -0.4 is 0 Å². The van der Waals surface area contributed by atoms with Gasteiger partial charge in [0.2, 0.25) is 0 Å². The smallest absolute Gasteiger partial charge is 0.150 e. The molecule has 3 atom stereocenters. The van der Waals surface area contributed by atoms with Crippen molar-refractivity contribution in [1.82, 2.24) is 15.0 Å². The maximum Gasteiger partial charge on any atom is 0.150 e. The highest BCUT2D eigenvalue weighted by molar-refractivity contribution is 5.07. The molecule has 7 nitrogen and oxygen atoms in total. The van der Waals surface area contributed by atoms with E-state index in [1.165, 1.54) is 0 Å². The number of likely N-dealkylation sites (N-methyl/N-ethyl adjacent to an activating group) is 1. The van der Waals surface area contributed by atoms with Crippen molar-refractivity contribution in [2.45, 2.75) is 44.1 Å². The Hall–Kier alpha value is -0.990. The van der Waals surface area contributed by atoms with Gasteiger partial charge in [0.05, 0.1) is 43.8 Å². The molecular weight excluding hydrogens is 310 g/mol. The summed E-state index contributed by atoms with van der Waals surface area (Å²) in [7, 11) is 3.99. The van der Waals surface area contributed by atoms with Crippen molar-refractivity contribution in [3.05, 3.63) is 17.5 Å². The first-order valence-electron chi connectivity index (χ1n) is 8.83. The third-order valence-corrected chi connectivity index (χ3v) is 4.65. The van der Waals surface area contributed by atoms with Crippen LogP contribution in [0, 0.1) is 0 Å². The summed E-state index contributed by atoms with van der Waals surface area (Å²) in [5.74, 6) is 0.896. The maximum atomic E-state index is 10.1. The van der Waals surface area contributed by atoms with Crippen LogP contribution in [0.1, 0.15) is 24.3 Å². The van der Waals surface area contributed by atoms with Crippen molar-refractivity contribution in [3.63, 3.8) is 0 Å². The summed E-state index contributed by atoms with van der Waals surface area (Å²) in [6, 6.07) is 2.03. The minimum atomic E-state index is -0.377. The number of ether oxygens (including phenoxy) is 2. The molecule has 0 unspecified atom stereocenters. The van der Waals surface area contributed by atoms with Crippen LogP contribution in [0.2, 0.25) is 0 Å². The lowest BCUT2D eigenvalue weighted by atomic mass is 9.98. The lowest BCUT2D eigenvalue weighted by Gasteiger charge is -2.35. The average molecular weight is 339 g/mol. The zero-order valence-electron chi connectivity index (χ0n) is 14.7. The molecule has 0 amide bonds. The van der Waals surface area contributed by atoms with E-state index in [1.807, 2.05) is 25.1 Å². The molecule has 1 aromatic heterocycles. The molecule has 2 fully saturated rings. The van der Waals surface area contributed by atoms with Crippen LogP contribution in [-0.4, -0.2) is 85.3 Å². The van der Waals surface area contributed by atoms with Crippen LogP contribution in [0.3, 0.4) is 0 Å². The molecule has 2 aliphatic rings. The summed E-state index contributed by atoms with van der Waals surface area (Å²) in [6.45, 7) is 4.96. The van der Waals surface area contributed by atoms with Gasteiger partial charge in [-0.1, -0.05) is 5.16 Å². The molecule has 2 saturated heterocycles. The summed E-state index contributed by atoms with van der Waals surface area (Å²) in [4.78, 5) is 4.36. The van der Waals surface area contributed by atoms with Gasteiger partial charge in [0.1, 0.15) is 0 Å². The van der Waals surface area contributed by atoms with Gasteiger partial charge in [-0.3, -0.25) is 4.90 Å². The zero-order chi connectivity index (χ0) is 16.9. The SMILES string of the molecule is CN(C)C[C@H]1O[C@H](Cc2cc(CN3CCOCC3)on2)CC[C@@H]1O. The van der Waals surface area contributed by atoms with E-state index in [0.29, 0.717) is 0 Å². The first-order valence-corrected chi connectivity index (χ1v) is 8.83. The maximum absolute atomic E-state index is 10.1. The van der Waals surface area contributed by atoms with Gasteiger partial charge in [0.25, 0.3) is 0 Å². The molecule has 0 radical (unpaired) electrons. The molecule has 1 aromatic rings. The van der Waals surface area contributed by atoms with Crippen LogP contribution >= 0.6 is 0 Å². The molecule has 0 aromatic carbocycles. The Kier molecular flexibility index (Phi) is 6.24. The highest BCUT2D eigenvalue weighted by atomic mass is 16.5. The molecule has 7 heteroatoms. The number of morpholine rings is 1. The molecular formula is C17H29N3O4. The highest BCUT2D eigenvalue weighted by Gasteiger charge is 2.30. The second-order valence-corrected chi connectivity index (χ2v) is 7.08. The van der Waals surface area contributed by atoms with E-state index >= 15 is 0 Å². The summed E-state index contributed by atoms with van der Waals surface area (Å²) in [6.07, 6.45) is 1.97. The summed E-state index contributed by atoms with van der Waals surface area (Å²) < 4.78 is 16.9. The number of aromatic nitrogens is 1. The van der Waals surface area contributed by atoms with E-state index in [0.717, 1.165) is 70.1 Å². The third-order valence-electron chi connectivity index (χ3n) is 4.65. The van der Waals surface area contributed by atoms with Crippen molar-refractivity contribution in [1.29, 1.82) is 0 Å². The van der Waals surface area contributed by atoms with Gasteiger partial charge in [-0.05, 0) is 26.9 Å². The van der Waals surface area contributed by atoms with Crippen LogP contribution in [0.25, 0.3) is 0 Å². The molecule has 136 valence electrons. The van der Waals surface area contributed by atoms with Gasteiger partial charge < -0.3 is 24.0 Å². The number of nitrogens with zero attached hydrogens (tertiary/aromatic N) is 3. The predicted molar refractivity (Wildman–Crippen MR) is 88.8 cm³/mol. The molecule has 0 bridgehead atoms. The molecule has 1 N–H and O–H groups in total. The van der Waals surface area contributed by atoms with E-state index in [4.69, 9.17) is 14.0 Å². The van der Waals surface area contributed by atoms with E-state index in [9.17, 15) is 5.11 Å². The van der Waals surface area contributed by atoms with E-state index in [-0.39, 0.29) is 18.3 Å². The van der Waals surface area contributed by atoms with Gasteiger partial charge in [0, 0.05) is 32.1 Å². The second-order valence-electron chi connectivity index (χ2n) is 7.08. The molecule has 0 spiro atoms. The van der Waals surface area contributed by atoms with E-state index in [1.54, 1.807) is 0 Å². The Balaban J connectivity index is 1.50. The third kappa shape index (κ3) is 5.00. The number of aliphatic hydroxyl groups is 1. The first kappa shape index (κ1) is 17.8. The largest absolute Gasteiger partial charge is 0.390 e. The minimum absolute atomic E-state index is 0.0969. The molecule has 0 aliphatic carbocycles. The predicted octanol–water partition coefficient (Wildman–Crippen LogP) is 0.519. The van der Waals surface area contributed by atoms with Crippen LogP contribution in [0.4, 0.5) is 0 Å². The van der Waals surface area contributed by atoms with E-state index in [2.05, 4.69) is 10.1 Å². The lowest BCUT2D eigenvalue weighted by molar-refractivity contribution is -0.122. The average Bonchev–Trinajstić information content (AvgIpc) is 2.98. The van der Waals surface area contributed by atoms with Crippen LogP contribution in [0.15, 0.2) is 10.6 Å². The van der Waals surface area contributed by atoms with Crippen molar-refractivity contribution in [2.75, 3.05) is 46.9 Å². The van der Waals surface area contributed by atoms with Crippen molar-refractivity contribution in [2.24, 2.45) is 0 Å². The van der Waals surface area contributed by atoms with Gasteiger partial charge in [-0.2, -0.15) is 0 Å². The Morgan fingerprint density at radius 3 is 2.83 bits per heavy atom. The normalized spacial score (nSPS) is 29.2. The van der Waals surface area contributed by atoms with Crippen LogP contribution in [-0.2, 0) is 22.4 Å². The molecule has 2 aliphatic heterocycles. The Labute approximate surface area is 143 Å². The second kappa shape index (κ2) is 8.40. The minimum Gasteiger partial charge on any atom is -0.390 e. The number of rotatable bonds is 6. The van der Waals surface area contributed by atoms with Gasteiger partial charge in [0.15, 0.2) is 5.76 Å². The highest BCUT2D eigenvalue weighted by Crippen LogP contribution is 2.23. The fourth-order valence-corrected chi connectivity index (χ4v) is 3.36. The summed E-state index contributed by atoms with van der Waals surface area (Å²) in [5.41, 5.74) is 0.934. The summed E-state index contributed by atoms with van der Waals surface area (Å²) in [5, 5.41) is 14.3. The standard InChI is InChI=1S/C17H29N3O4/c1-19(2)12-17-16(21)4-3-14(23-17)9-13-10-15(24-18-13)11-20-5-7-22-8-6-20/h10,14,16-17,21H,3-9,11-12H2,1-2H3/t14-,16-,17+/m0/s1. The Morgan fingerprint density at radius 1 is 1.29 bits per heavy atom. The molecule has 24 heavy (non-hydrogen) atoms. The molecule has 3 heterocycles. The fraction of sp³-hybridized carbons (Fsp3) is 0.824. The van der Waals surface area contributed by atoms with Crippen molar-refractivity contribution in [3.8, 4) is 0 Å². The van der Waals surface area contributed by atoms with Gasteiger partial charge in [-0.25, -0.2) is 0 Å². The Bertz CT molecular complexity index is 502. The van der Waals surface area contributed by atoms with E-state index < -0.39 is 0 Å². The topological polar surface area (TPSA) is 71.2 Å². The molecule has 0 saturated carbocycles.